The Morgan fingerprint density at radius 1 is 1.00 bits per heavy atom. The smallest absolute Gasteiger partial charge is 0.341 e. The van der Waals surface area contributed by atoms with Crippen molar-refractivity contribution in [1.82, 2.24) is 9.55 Å². The Bertz CT molecular complexity index is 1680. The van der Waals surface area contributed by atoms with E-state index in [-0.39, 0.29) is 5.56 Å². The molecule has 206 valence electrons. The monoisotopic (exact) mass is 604 g/mol. The highest BCUT2D eigenvalue weighted by atomic mass is 79.9. The fourth-order valence-corrected chi connectivity index (χ4v) is 6.85. The lowest BCUT2D eigenvalue weighted by Crippen LogP contribution is -2.58. The average Bonchev–Trinajstić information content (AvgIpc) is 3.61. The number of aromatic nitrogens is 2. The molecule has 1 N–H and O–H groups in total. The number of benzene rings is 2. The topological polar surface area (TPSA) is 101 Å². The van der Waals surface area contributed by atoms with E-state index in [9.17, 15) is 14.7 Å². The Hall–Kier alpha value is -3.63. The molecule has 3 aliphatic heterocycles. The number of anilines is 2. The lowest BCUT2D eigenvalue weighted by Gasteiger charge is -2.51. The molecule has 2 aromatic carbocycles. The van der Waals surface area contributed by atoms with E-state index in [0.29, 0.717) is 28.4 Å². The van der Waals surface area contributed by atoms with Crippen molar-refractivity contribution in [2.75, 3.05) is 49.2 Å². The molecule has 7 rings (SSSR count). The molecule has 0 aliphatic carbocycles. The van der Waals surface area contributed by atoms with Crippen LogP contribution in [0.1, 0.15) is 36.0 Å². The van der Waals surface area contributed by atoms with Crippen LogP contribution in [0.2, 0.25) is 0 Å². The molecule has 1 spiro atoms. The summed E-state index contributed by atoms with van der Waals surface area (Å²) in [7, 11) is 0. The van der Waals surface area contributed by atoms with Gasteiger partial charge in [0.15, 0.2) is 11.0 Å². The molecule has 9 nitrogen and oxygen atoms in total. The number of ether oxygens (including phenoxy) is 1. The third-order valence-electron chi connectivity index (χ3n) is 8.49. The molecule has 4 aromatic rings. The molecule has 5 heterocycles. The van der Waals surface area contributed by atoms with Gasteiger partial charge in [0.05, 0.1) is 11.4 Å². The van der Waals surface area contributed by atoms with Gasteiger partial charge in [-0.15, -0.1) is 0 Å². The summed E-state index contributed by atoms with van der Waals surface area (Å²) in [4.78, 5) is 33.9. The average molecular weight is 605 g/mol. The van der Waals surface area contributed by atoms with Crippen molar-refractivity contribution in [2.24, 2.45) is 5.41 Å². The molecule has 2 aromatic heterocycles. The highest BCUT2D eigenvalue weighted by Crippen LogP contribution is 2.42. The van der Waals surface area contributed by atoms with Gasteiger partial charge >= 0.3 is 5.97 Å². The van der Waals surface area contributed by atoms with Gasteiger partial charge < -0.3 is 28.6 Å². The minimum atomic E-state index is -1.27. The fraction of sp³-hybridized carbons (Fsp3) is 0.367. The number of carbonyl (C=O) groups is 1. The largest absolute Gasteiger partial charge is 0.477 e. The van der Waals surface area contributed by atoms with Crippen molar-refractivity contribution in [3.63, 3.8) is 0 Å². The van der Waals surface area contributed by atoms with E-state index in [1.165, 1.54) is 25.1 Å². The molecule has 3 saturated heterocycles. The summed E-state index contributed by atoms with van der Waals surface area (Å²) >= 11 is 3.72. The second-order valence-corrected chi connectivity index (χ2v) is 11.9. The number of hydrogen-bond donors (Lipinski definition) is 1. The van der Waals surface area contributed by atoms with Crippen LogP contribution in [0.15, 0.2) is 62.3 Å². The van der Waals surface area contributed by atoms with E-state index in [0.717, 1.165) is 73.5 Å². The van der Waals surface area contributed by atoms with E-state index < -0.39 is 11.4 Å². The molecular weight excluding hydrogens is 576 g/mol. The minimum Gasteiger partial charge on any atom is -0.477 e. The molecular formula is C30H29BrN4O5. The summed E-state index contributed by atoms with van der Waals surface area (Å²) in [6, 6.07) is 13.6. The first-order valence-corrected chi connectivity index (χ1v) is 14.5. The number of halogens is 1. The number of pyridine rings is 1. The second-order valence-electron chi connectivity index (χ2n) is 11.1. The first kappa shape index (κ1) is 25.3. The highest BCUT2D eigenvalue weighted by molar-refractivity contribution is 9.10. The molecule has 0 radical (unpaired) electrons. The summed E-state index contributed by atoms with van der Waals surface area (Å²) in [6.07, 6.45) is 5.85. The van der Waals surface area contributed by atoms with Crippen molar-refractivity contribution in [3.05, 3.63) is 68.9 Å². The van der Waals surface area contributed by atoms with Gasteiger partial charge in [-0.25, -0.2) is 4.79 Å². The standard InChI is InChI=1S/C30H29BrN4O5/c31-22-13-19(3-6-24(22)33-9-1-2-10-33)25-15-26(36)21(28(37)38)16-35(25)20-4-5-23-27(14-20)40-29(32-23)34-17-30(18-34)7-11-39-12-8-30/h3-6,13-16H,1-2,7-12,17-18H2,(H,37,38). The van der Waals surface area contributed by atoms with Crippen molar-refractivity contribution in [2.45, 2.75) is 25.7 Å². The van der Waals surface area contributed by atoms with Gasteiger partial charge in [-0.1, -0.05) is 6.07 Å². The van der Waals surface area contributed by atoms with Crippen molar-refractivity contribution in [3.8, 4) is 16.9 Å². The lowest BCUT2D eigenvalue weighted by atomic mass is 9.74. The summed E-state index contributed by atoms with van der Waals surface area (Å²) in [5, 5.41) is 9.71. The van der Waals surface area contributed by atoms with Crippen molar-refractivity contribution in [1.29, 1.82) is 0 Å². The molecule has 0 saturated carbocycles. The number of aromatic carboxylic acids is 1. The summed E-state index contributed by atoms with van der Waals surface area (Å²) < 4.78 is 14.4. The van der Waals surface area contributed by atoms with E-state index >= 15 is 0 Å². The quantitative estimate of drug-likeness (QED) is 0.326. The maximum Gasteiger partial charge on any atom is 0.341 e. The minimum absolute atomic E-state index is 0.292. The number of carboxylic acid groups (broad SMARTS) is 1. The zero-order valence-electron chi connectivity index (χ0n) is 21.9. The Kier molecular flexibility index (Phi) is 6.20. The number of rotatable bonds is 5. The fourth-order valence-electron chi connectivity index (χ4n) is 6.22. The van der Waals surface area contributed by atoms with E-state index in [1.54, 1.807) is 4.57 Å². The maximum absolute atomic E-state index is 12.8. The summed E-state index contributed by atoms with van der Waals surface area (Å²) in [6.45, 7) is 5.46. The third kappa shape index (κ3) is 4.39. The van der Waals surface area contributed by atoms with Crippen LogP contribution >= 0.6 is 15.9 Å². The Balaban J connectivity index is 1.26. The Labute approximate surface area is 239 Å². The predicted octanol–water partition coefficient (Wildman–Crippen LogP) is 5.32. The van der Waals surface area contributed by atoms with Crippen LogP contribution in [-0.4, -0.2) is 60.0 Å². The van der Waals surface area contributed by atoms with Gasteiger partial charge in [0.2, 0.25) is 0 Å². The Morgan fingerprint density at radius 2 is 1.77 bits per heavy atom. The maximum atomic E-state index is 12.8. The van der Waals surface area contributed by atoms with Gasteiger partial charge in [0, 0.05) is 73.3 Å². The first-order valence-electron chi connectivity index (χ1n) is 13.7. The van der Waals surface area contributed by atoms with Gasteiger partial charge in [0.1, 0.15) is 11.1 Å². The number of hydrogen-bond acceptors (Lipinski definition) is 7. The molecule has 3 fully saturated rings. The summed E-state index contributed by atoms with van der Waals surface area (Å²) in [5.41, 5.74) is 3.96. The number of nitrogens with zero attached hydrogens (tertiary/aromatic N) is 4. The zero-order valence-corrected chi connectivity index (χ0v) is 23.5. The number of carboxylic acids is 1. The van der Waals surface area contributed by atoms with Gasteiger partial charge in [0.25, 0.3) is 6.01 Å². The van der Waals surface area contributed by atoms with Crippen LogP contribution in [0.25, 0.3) is 28.0 Å². The van der Waals surface area contributed by atoms with Gasteiger partial charge in [-0.05, 0) is 71.4 Å². The van der Waals surface area contributed by atoms with Crippen molar-refractivity contribution < 1.29 is 19.1 Å². The van der Waals surface area contributed by atoms with E-state index in [2.05, 4.69) is 31.8 Å². The SMILES string of the molecule is O=C(O)c1cn(-c2ccc3nc(N4CC5(CCOCC5)C4)oc3c2)c(-c2ccc(N3CCCC3)c(Br)c2)cc1=O. The van der Waals surface area contributed by atoms with Crippen LogP contribution in [0.5, 0.6) is 0 Å². The van der Waals surface area contributed by atoms with Crippen LogP contribution in [0.4, 0.5) is 11.7 Å². The third-order valence-corrected chi connectivity index (χ3v) is 9.12. The second kappa shape index (κ2) is 9.78. The molecule has 0 amide bonds. The summed E-state index contributed by atoms with van der Waals surface area (Å²) in [5.74, 6) is -1.27. The molecule has 0 unspecified atom stereocenters. The number of oxazole rings is 1. The normalized spacial score (nSPS) is 18.4. The predicted molar refractivity (Wildman–Crippen MR) is 156 cm³/mol. The highest BCUT2D eigenvalue weighted by Gasteiger charge is 2.45. The lowest BCUT2D eigenvalue weighted by molar-refractivity contribution is -0.00173. The van der Waals surface area contributed by atoms with E-state index in [1.807, 2.05) is 30.3 Å². The van der Waals surface area contributed by atoms with Crippen LogP contribution < -0.4 is 15.2 Å². The van der Waals surface area contributed by atoms with Gasteiger partial charge in [-0.2, -0.15) is 4.98 Å². The van der Waals surface area contributed by atoms with Crippen LogP contribution in [0, 0.1) is 5.41 Å². The molecule has 3 aliphatic rings. The van der Waals surface area contributed by atoms with Crippen LogP contribution in [-0.2, 0) is 4.74 Å². The first-order chi connectivity index (χ1) is 19.4. The van der Waals surface area contributed by atoms with Gasteiger partial charge in [-0.3, -0.25) is 4.79 Å². The zero-order chi connectivity index (χ0) is 27.4. The number of fused-ring (bicyclic) bond motifs is 1. The molecule has 0 bridgehead atoms. The van der Waals surface area contributed by atoms with Crippen molar-refractivity contribution >= 4 is 44.7 Å². The van der Waals surface area contributed by atoms with Crippen LogP contribution in [0.3, 0.4) is 0 Å². The molecule has 10 heteroatoms. The Morgan fingerprint density at radius 3 is 2.50 bits per heavy atom. The molecule has 0 atom stereocenters. The van der Waals surface area contributed by atoms with E-state index in [4.69, 9.17) is 14.1 Å². The molecule has 40 heavy (non-hydrogen) atoms.